The van der Waals surface area contributed by atoms with Crippen molar-refractivity contribution in [2.24, 2.45) is 0 Å². The smallest absolute Gasteiger partial charge is 0.263 e. The average Bonchev–Trinajstić information content (AvgIpc) is 3.40. The van der Waals surface area contributed by atoms with E-state index >= 15 is 0 Å². The van der Waals surface area contributed by atoms with Crippen molar-refractivity contribution >= 4 is 34.7 Å². The van der Waals surface area contributed by atoms with Gasteiger partial charge in [-0.25, -0.2) is 9.50 Å². The number of aliphatic hydroxyl groups excluding tert-OH is 1. The summed E-state index contributed by atoms with van der Waals surface area (Å²) in [5, 5.41) is 21.1. The van der Waals surface area contributed by atoms with Crippen LogP contribution < -0.4 is 15.8 Å². The summed E-state index contributed by atoms with van der Waals surface area (Å²) in [6.07, 6.45) is 4.68. The van der Waals surface area contributed by atoms with Gasteiger partial charge in [0.15, 0.2) is 11.5 Å². The van der Waals surface area contributed by atoms with Gasteiger partial charge in [0.25, 0.3) is 5.91 Å². The lowest BCUT2D eigenvalue weighted by Crippen LogP contribution is -2.15. The van der Waals surface area contributed by atoms with Crippen molar-refractivity contribution in [2.75, 3.05) is 39.0 Å². The highest BCUT2D eigenvalue weighted by atomic mass is 35.5. The Balaban J connectivity index is 0.000000803. The Morgan fingerprint density at radius 2 is 1.97 bits per heavy atom. The first-order chi connectivity index (χ1) is 16.9. The number of fused-ring (bicyclic) bond motifs is 1. The molecule has 0 saturated carbocycles. The van der Waals surface area contributed by atoms with Crippen molar-refractivity contribution in [1.29, 1.82) is 0 Å². The number of methoxy groups -OCH3 is 2. The molecule has 0 spiro atoms. The molecule has 4 aromatic rings. The number of nitrogen functional groups attached to an aromatic ring is 1. The number of nitrogens with zero attached hydrogens (tertiary/aromatic N) is 5. The molecular formula is C23H30ClN7O4. The maximum absolute atomic E-state index is 13.1. The fourth-order valence-corrected chi connectivity index (χ4v) is 3.37. The predicted molar refractivity (Wildman–Crippen MR) is 136 cm³/mol. The number of rotatable bonds is 6. The van der Waals surface area contributed by atoms with Crippen LogP contribution in [0.25, 0.3) is 16.9 Å². The van der Waals surface area contributed by atoms with Crippen LogP contribution in [0, 0.1) is 0 Å². The molecule has 188 valence electrons. The van der Waals surface area contributed by atoms with Crippen LogP contribution in [0.5, 0.6) is 5.75 Å². The number of nitrogens with two attached hydrogens (primary N) is 1. The molecule has 35 heavy (non-hydrogen) atoms. The third-order valence-electron chi connectivity index (χ3n) is 4.47. The minimum Gasteiger partial charge on any atom is -0.496 e. The van der Waals surface area contributed by atoms with E-state index in [1.165, 1.54) is 17.8 Å². The molecule has 4 N–H and O–H groups in total. The molecule has 0 aliphatic carbocycles. The zero-order valence-corrected chi connectivity index (χ0v) is 21.1. The highest BCUT2D eigenvalue weighted by Gasteiger charge is 2.23. The van der Waals surface area contributed by atoms with Crippen molar-refractivity contribution in [3.05, 3.63) is 53.4 Å². The zero-order chi connectivity index (χ0) is 26.0. The molecule has 0 aliphatic rings. The van der Waals surface area contributed by atoms with Gasteiger partial charge < -0.3 is 25.6 Å². The zero-order valence-electron chi connectivity index (χ0n) is 20.3. The Morgan fingerprint density at radius 3 is 2.63 bits per heavy atom. The van der Waals surface area contributed by atoms with Gasteiger partial charge in [0.05, 0.1) is 37.8 Å². The number of hydrogen-bond acceptors (Lipinski definition) is 8. The van der Waals surface area contributed by atoms with E-state index in [0.29, 0.717) is 33.4 Å². The van der Waals surface area contributed by atoms with E-state index in [4.69, 9.17) is 22.1 Å². The summed E-state index contributed by atoms with van der Waals surface area (Å²) in [4.78, 5) is 17.2. The minimum absolute atomic E-state index is 0.0517. The van der Waals surface area contributed by atoms with Crippen molar-refractivity contribution < 1.29 is 19.4 Å². The van der Waals surface area contributed by atoms with Gasteiger partial charge in [-0.2, -0.15) is 5.10 Å². The molecule has 0 radical (unpaired) electrons. The summed E-state index contributed by atoms with van der Waals surface area (Å²) in [6.45, 7) is 4.07. The van der Waals surface area contributed by atoms with Crippen LogP contribution in [0.2, 0.25) is 5.02 Å². The van der Waals surface area contributed by atoms with Crippen LogP contribution in [-0.2, 0) is 11.3 Å². The minimum atomic E-state index is -0.494. The number of carbonyl (C=O) groups is 1. The summed E-state index contributed by atoms with van der Waals surface area (Å²) in [6, 6.07) is 6.79. The highest BCUT2D eigenvalue weighted by Crippen LogP contribution is 2.37. The number of halogens is 1. The molecule has 0 aliphatic heterocycles. The number of aliphatic hydroxyl groups is 1. The van der Waals surface area contributed by atoms with Crippen molar-refractivity contribution in [3.63, 3.8) is 0 Å². The largest absolute Gasteiger partial charge is 0.496 e. The SMILES string of the molecule is CC.COC.COc1ccc(Cl)cc1-c1c(NC(=O)c2c(N)nn3cccnc23)cnn1CCO. The van der Waals surface area contributed by atoms with Crippen LogP contribution in [0.15, 0.2) is 42.9 Å². The van der Waals surface area contributed by atoms with Gasteiger partial charge in [0, 0.05) is 37.2 Å². The predicted octanol–water partition coefficient (Wildman–Crippen LogP) is 3.37. The normalized spacial score (nSPS) is 10.1. The molecule has 0 atom stereocenters. The summed E-state index contributed by atoms with van der Waals surface area (Å²) in [5.74, 6) is 0.0922. The number of amides is 1. The fourth-order valence-electron chi connectivity index (χ4n) is 3.20. The van der Waals surface area contributed by atoms with Crippen LogP contribution in [0.3, 0.4) is 0 Å². The van der Waals surface area contributed by atoms with Crippen LogP contribution >= 0.6 is 11.6 Å². The van der Waals surface area contributed by atoms with Gasteiger partial charge in [-0.15, -0.1) is 5.10 Å². The van der Waals surface area contributed by atoms with Crippen LogP contribution in [0.4, 0.5) is 11.5 Å². The number of ether oxygens (including phenoxy) is 2. The van der Waals surface area contributed by atoms with Crippen LogP contribution in [0.1, 0.15) is 24.2 Å². The Kier molecular flexibility index (Phi) is 10.5. The first kappa shape index (κ1) is 27.6. The second-order valence-electron chi connectivity index (χ2n) is 6.71. The number of hydrogen-bond donors (Lipinski definition) is 3. The van der Waals surface area contributed by atoms with Crippen molar-refractivity contribution in [3.8, 4) is 17.0 Å². The van der Waals surface area contributed by atoms with Gasteiger partial charge in [-0.3, -0.25) is 9.48 Å². The standard InChI is InChI=1S/C19H18ClN7O3.C2H6O.C2H6/c1-30-14-4-3-11(20)9-12(14)16-13(10-23-26(16)7-8-28)24-19(29)15-17(21)25-27-6-2-5-22-18(15)27;1-3-2;1-2/h2-6,9-10,28H,7-8H2,1H3,(H2,21,25)(H,24,29);1-2H3;1-2H3. The molecular weight excluding hydrogens is 474 g/mol. The lowest BCUT2D eigenvalue weighted by Gasteiger charge is -2.13. The Morgan fingerprint density at radius 1 is 1.26 bits per heavy atom. The average molecular weight is 504 g/mol. The molecule has 0 fully saturated rings. The van der Waals surface area contributed by atoms with E-state index in [-0.39, 0.29) is 24.5 Å². The maximum atomic E-state index is 13.1. The monoisotopic (exact) mass is 503 g/mol. The van der Waals surface area contributed by atoms with E-state index in [9.17, 15) is 9.90 Å². The van der Waals surface area contributed by atoms with E-state index in [1.807, 2.05) is 13.8 Å². The molecule has 4 rings (SSSR count). The van der Waals surface area contributed by atoms with Gasteiger partial charge in [0.1, 0.15) is 11.3 Å². The molecule has 3 aromatic heterocycles. The first-order valence-electron chi connectivity index (χ1n) is 10.8. The van der Waals surface area contributed by atoms with Crippen molar-refractivity contribution in [2.45, 2.75) is 20.4 Å². The summed E-state index contributed by atoms with van der Waals surface area (Å²) < 4.78 is 12.7. The quantitative estimate of drug-likeness (QED) is 0.363. The molecule has 1 aromatic carbocycles. The fraction of sp³-hybridized carbons (Fsp3) is 0.304. The van der Waals surface area contributed by atoms with E-state index in [1.54, 1.807) is 55.6 Å². The molecule has 11 nitrogen and oxygen atoms in total. The Labute approximate surface area is 208 Å². The third kappa shape index (κ3) is 6.27. The van der Waals surface area contributed by atoms with Gasteiger partial charge in [0.2, 0.25) is 0 Å². The van der Waals surface area contributed by atoms with Crippen LogP contribution in [-0.4, -0.2) is 63.3 Å². The maximum Gasteiger partial charge on any atom is 0.263 e. The molecule has 0 bridgehead atoms. The number of anilines is 2. The molecule has 0 saturated heterocycles. The van der Waals surface area contributed by atoms with Crippen molar-refractivity contribution in [1.82, 2.24) is 24.4 Å². The van der Waals surface area contributed by atoms with Gasteiger partial charge in [-0.05, 0) is 24.3 Å². The van der Waals surface area contributed by atoms with Gasteiger partial charge >= 0.3 is 0 Å². The van der Waals surface area contributed by atoms with E-state index < -0.39 is 5.91 Å². The Hall–Kier alpha value is -3.67. The number of benzene rings is 1. The lowest BCUT2D eigenvalue weighted by molar-refractivity contribution is 0.102. The van der Waals surface area contributed by atoms with E-state index in [2.05, 4.69) is 25.2 Å². The first-order valence-corrected chi connectivity index (χ1v) is 11.1. The summed E-state index contributed by atoms with van der Waals surface area (Å²) in [7, 11) is 4.78. The number of carbonyl (C=O) groups excluding carboxylic acids is 1. The lowest BCUT2D eigenvalue weighted by atomic mass is 10.1. The number of aromatic nitrogens is 5. The van der Waals surface area contributed by atoms with E-state index in [0.717, 1.165) is 0 Å². The summed E-state index contributed by atoms with van der Waals surface area (Å²) in [5.41, 5.74) is 7.96. The molecule has 0 unspecified atom stereocenters. The molecule has 3 heterocycles. The topological polar surface area (TPSA) is 142 Å². The third-order valence-corrected chi connectivity index (χ3v) is 4.70. The Bertz CT molecular complexity index is 1260. The number of nitrogens with one attached hydrogen (secondary N) is 1. The molecule has 12 heteroatoms. The van der Waals surface area contributed by atoms with Gasteiger partial charge in [-0.1, -0.05) is 25.4 Å². The second-order valence-corrected chi connectivity index (χ2v) is 7.15. The molecule has 1 amide bonds. The summed E-state index contributed by atoms with van der Waals surface area (Å²) >= 11 is 6.19. The second kappa shape index (κ2) is 13.3. The highest BCUT2D eigenvalue weighted by molar-refractivity contribution is 6.31.